The zero-order valence-electron chi connectivity index (χ0n) is 13.8. The van der Waals surface area contributed by atoms with Crippen LogP contribution in [0, 0.1) is 0 Å². The first kappa shape index (κ1) is 15.8. The lowest BCUT2D eigenvalue weighted by Gasteiger charge is -2.08. The third kappa shape index (κ3) is 3.00. The highest BCUT2D eigenvalue weighted by molar-refractivity contribution is 6.50. The molecule has 0 atom stereocenters. The highest BCUT2D eigenvalue weighted by atomic mass is 16.2. The molecule has 4 heteroatoms. The fourth-order valence-electron chi connectivity index (χ4n) is 2.82. The number of nitrogens with zero attached hydrogens (tertiary/aromatic N) is 2. The van der Waals surface area contributed by atoms with Gasteiger partial charge in [-0.15, -0.1) is 0 Å². The summed E-state index contributed by atoms with van der Waals surface area (Å²) in [5.41, 5.74) is 2.85. The highest BCUT2D eigenvalue weighted by Gasteiger charge is 2.22. The SMILES string of the molecule is O=C1C=Cc2nc3ccccc3cc2C1=O.c1ccc2ncccc2c1. The standard InChI is InChI=1S/C13H7NO2.C9H7N/c15-12-6-5-11-9(13(12)16)7-8-3-1-2-4-10(8)14-11;1-2-6-9-8(4-1)5-3-7-10-9/h1-7H;1-7H. The first-order valence-corrected chi connectivity index (χ1v) is 8.19. The van der Waals surface area contributed by atoms with Crippen LogP contribution >= 0.6 is 0 Å². The number of fused-ring (bicyclic) bond motifs is 3. The van der Waals surface area contributed by atoms with E-state index in [0.29, 0.717) is 11.3 Å². The quantitative estimate of drug-likeness (QED) is 0.450. The second kappa shape index (κ2) is 6.69. The lowest BCUT2D eigenvalue weighted by molar-refractivity contribution is -0.110. The van der Waals surface area contributed by atoms with Gasteiger partial charge in [-0.1, -0.05) is 42.5 Å². The summed E-state index contributed by atoms with van der Waals surface area (Å²) in [6, 6.07) is 21.3. The molecule has 1 aliphatic carbocycles. The molecule has 124 valence electrons. The van der Waals surface area contributed by atoms with Crippen molar-refractivity contribution in [3.8, 4) is 0 Å². The number of Topliss-reactive ketones (excluding diaryl/α,β-unsaturated/α-hetero) is 1. The zero-order chi connectivity index (χ0) is 17.9. The molecule has 5 rings (SSSR count). The van der Waals surface area contributed by atoms with Crippen LogP contribution in [0.25, 0.3) is 27.9 Å². The third-order valence-electron chi connectivity index (χ3n) is 4.13. The van der Waals surface area contributed by atoms with Crippen LogP contribution in [0.5, 0.6) is 0 Å². The fourth-order valence-corrected chi connectivity index (χ4v) is 2.82. The molecule has 0 bridgehead atoms. The van der Waals surface area contributed by atoms with Gasteiger partial charge in [0, 0.05) is 17.0 Å². The monoisotopic (exact) mass is 338 g/mol. The molecule has 4 nitrogen and oxygen atoms in total. The van der Waals surface area contributed by atoms with Gasteiger partial charge in [0.05, 0.1) is 22.3 Å². The molecule has 0 radical (unpaired) electrons. The molecule has 1 aliphatic rings. The van der Waals surface area contributed by atoms with E-state index in [1.807, 2.05) is 54.7 Å². The van der Waals surface area contributed by atoms with E-state index in [2.05, 4.69) is 22.1 Å². The summed E-state index contributed by atoms with van der Waals surface area (Å²) in [5.74, 6) is -0.958. The van der Waals surface area contributed by atoms with Gasteiger partial charge in [-0.25, -0.2) is 4.98 Å². The maximum absolute atomic E-state index is 11.6. The highest BCUT2D eigenvalue weighted by Crippen LogP contribution is 2.21. The zero-order valence-corrected chi connectivity index (χ0v) is 13.8. The van der Waals surface area contributed by atoms with Crippen molar-refractivity contribution in [2.75, 3.05) is 0 Å². The van der Waals surface area contributed by atoms with Gasteiger partial charge in [-0.3, -0.25) is 14.6 Å². The largest absolute Gasteiger partial charge is 0.286 e. The molecule has 4 aromatic rings. The van der Waals surface area contributed by atoms with Gasteiger partial charge in [0.1, 0.15) is 0 Å². The summed E-state index contributed by atoms with van der Waals surface area (Å²) in [6.07, 6.45) is 4.67. The molecule has 0 amide bonds. The number of para-hydroxylation sites is 2. The second-order valence-electron chi connectivity index (χ2n) is 5.84. The van der Waals surface area contributed by atoms with Crippen LogP contribution in [0.1, 0.15) is 16.1 Å². The molecule has 0 fully saturated rings. The summed E-state index contributed by atoms with van der Waals surface area (Å²) < 4.78 is 0. The van der Waals surface area contributed by atoms with Crippen molar-refractivity contribution < 1.29 is 9.59 Å². The summed E-state index contributed by atoms with van der Waals surface area (Å²) in [6.45, 7) is 0. The van der Waals surface area contributed by atoms with Crippen molar-refractivity contribution >= 4 is 39.4 Å². The van der Waals surface area contributed by atoms with Crippen LogP contribution in [-0.4, -0.2) is 21.5 Å². The van der Waals surface area contributed by atoms with E-state index in [1.165, 1.54) is 11.5 Å². The average molecular weight is 338 g/mol. The summed E-state index contributed by atoms with van der Waals surface area (Å²) in [7, 11) is 0. The van der Waals surface area contributed by atoms with Gasteiger partial charge in [0.15, 0.2) is 0 Å². The molecular weight excluding hydrogens is 324 g/mol. The van der Waals surface area contributed by atoms with Crippen LogP contribution in [0.15, 0.2) is 79.0 Å². The van der Waals surface area contributed by atoms with Gasteiger partial charge in [-0.05, 0) is 36.4 Å². The first-order chi connectivity index (χ1) is 12.7. The molecule has 2 aromatic carbocycles. The Morgan fingerprint density at radius 2 is 1.38 bits per heavy atom. The molecular formula is C22H14N2O2. The van der Waals surface area contributed by atoms with Crippen LogP contribution in [0.4, 0.5) is 0 Å². The van der Waals surface area contributed by atoms with Crippen molar-refractivity contribution in [1.82, 2.24) is 9.97 Å². The van der Waals surface area contributed by atoms with Gasteiger partial charge < -0.3 is 0 Å². The van der Waals surface area contributed by atoms with Crippen molar-refractivity contribution in [3.05, 3.63) is 90.3 Å². The Morgan fingerprint density at radius 1 is 0.692 bits per heavy atom. The van der Waals surface area contributed by atoms with Crippen LogP contribution in [-0.2, 0) is 4.79 Å². The van der Waals surface area contributed by atoms with Crippen molar-refractivity contribution in [2.24, 2.45) is 0 Å². The Labute approximate surface area is 149 Å². The average Bonchev–Trinajstić information content (AvgIpc) is 2.70. The van der Waals surface area contributed by atoms with E-state index >= 15 is 0 Å². The van der Waals surface area contributed by atoms with Crippen LogP contribution < -0.4 is 0 Å². The van der Waals surface area contributed by atoms with Crippen molar-refractivity contribution in [1.29, 1.82) is 0 Å². The number of ketones is 2. The van der Waals surface area contributed by atoms with E-state index in [-0.39, 0.29) is 0 Å². The first-order valence-electron chi connectivity index (χ1n) is 8.19. The number of carbonyl (C=O) groups excluding carboxylic acids is 2. The van der Waals surface area contributed by atoms with E-state index in [1.54, 1.807) is 12.1 Å². The van der Waals surface area contributed by atoms with E-state index in [4.69, 9.17) is 0 Å². The number of pyridine rings is 2. The Morgan fingerprint density at radius 3 is 2.19 bits per heavy atom. The number of hydrogen-bond acceptors (Lipinski definition) is 4. The number of carbonyl (C=O) groups is 2. The maximum atomic E-state index is 11.6. The summed E-state index contributed by atoms with van der Waals surface area (Å²) in [5, 5.41) is 2.07. The van der Waals surface area contributed by atoms with Gasteiger partial charge >= 0.3 is 0 Å². The molecule has 0 aliphatic heterocycles. The number of allylic oxidation sites excluding steroid dienone is 1. The Kier molecular flexibility index (Phi) is 4.07. The maximum Gasteiger partial charge on any atom is 0.235 e. The topological polar surface area (TPSA) is 59.9 Å². The Hall–Kier alpha value is -3.66. The minimum Gasteiger partial charge on any atom is -0.286 e. The van der Waals surface area contributed by atoms with Gasteiger partial charge in [-0.2, -0.15) is 0 Å². The number of rotatable bonds is 0. The van der Waals surface area contributed by atoms with Gasteiger partial charge in [0.2, 0.25) is 11.6 Å². The third-order valence-corrected chi connectivity index (χ3v) is 4.13. The lowest BCUT2D eigenvalue weighted by Crippen LogP contribution is -2.17. The van der Waals surface area contributed by atoms with Crippen LogP contribution in [0.3, 0.4) is 0 Å². The van der Waals surface area contributed by atoms with E-state index in [0.717, 1.165) is 16.4 Å². The van der Waals surface area contributed by atoms with E-state index < -0.39 is 11.6 Å². The Balaban J connectivity index is 0.000000144. The van der Waals surface area contributed by atoms with Gasteiger partial charge in [0.25, 0.3) is 0 Å². The second-order valence-corrected chi connectivity index (χ2v) is 5.84. The van der Waals surface area contributed by atoms with Crippen molar-refractivity contribution in [2.45, 2.75) is 0 Å². The predicted octanol–water partition coefficient (Wildman–Crippen LogP) is 4.25. The fraction of sp³-hybridized carbons (Fsp3) is 0. The molecule has 0 N–H and O–H groups in total. The summed E-state index contributed by atoms with van der Waals surface area (Å²) >= 11 is 0. The predicted molar refractivity (Wildman–Crippen MR) is 102 cm³/mol. The molecule has 0 saturated carbocycles. The molecule has 2 heterocycles. The van der Waals surface area contributed by atoms with Crippen molar-refractivity contribution in [3.63, 3.8) is 0 Å². The number of aromatic nitrogens is 2. The van der Waals surface area contributed by atoms with Crippen LogP contribution in [0.2, 0.25) is 0 Å². The smallest absolute Gasteiger partial charge is 0.235 e. The lowest BCUT2D eigenvalue weighted by atomic mass is 9.98. The minimum atomic E-state index is -0.482. The molecule has 2 aromatic heterocycles. The molecule has 26 heavy (non-hydrogen) atoms. The summed E-state index contributed by atoms with van der Waals surface area (Å²) in [4.78, 5) is 31.4. The number of hydrogen-bond donors (Lipinski definition) is 0. The Bertz CT molecular complexity index is 1110. The molecule has 0 spiro atoms. The molecule has 0 saturated heterocycles. The number of benzene rings is 2. The normalized spacial score (nSPS) is 12.6. The van der Waals surface area contributed by atoms with E-state index in [9.17, 15) is 9.59 Å². The molecule has 0 unspecified atom stereocenters. The minimum absolute atomic E-state index is 0.395.